The number of carbonyl (C=O) groups is 1. The van der Waals surface area contributed by atoms with Crippen molar-refractivity contribution >= 4 is 12.0 Å². The number of allylic oxidation sites excluding steroid dienone is 1. The maximum Gasteiger partial charge on any atom is 0.258 e. The smallest absolute Gasteiger partial charge is 0.258 e. The zero-order valence-corrected chi connectivity index (χ0v) is 21.2. The molecular formula is C30H34N4O3. The number of aliphatic hydroxyl groups excluding tert-OH is 1. The largest absolute Gasteiger partial charge is 0.396 e. The lowest BCUT2D eigenvalue weighted by Crippen LogP contribution is -2.47. The number of rotatable bonds is 9. The summed E-state index contributed by atoms with van der Waals surface area (Å²) in [4.78, 5) is 33.4. The van der Waals surface area contributed by atoms with Crippen LogP contribution in [-0.4, -0.2) is 51.2 Å². The number of carbonyl (C=O) groups excluding carboxylic acids is 1. The topological polar surface area (TPSA) is 87.5 Å². The molecule has 192 valence electrons. The Kier molecular flexibility index (Phi) is 7.63. The molecule has 1 amide bonds. The molecule has 0 saturated carbocycles. The molecule has 7 heteroatoms. The Hall–Kier alpha value is -3.55. The third-order valence-electron chi connectivity index (χ3n) is 7.81. The summed E-state index contributed by atoms with van der Waals surface area (Å²) >= 11 is 0. The Morgan fingerprint density at radius 3 is 2.57 bits per heavy atom. The van der Waals surface area contributed by atoms with Gasteiger partial charge in [-0.05, 0) is 55.2 Å². The van der Waals surface area contributed by atoms with E-state index in [9.17, 15) is 14.7 Å². The summed E-state index contributed by atoms with van der Waals surface area (Å²) in [7, 11) is 0. The Labute approximate surface area is 217 Å². The lowest BCUT2D eigenvalue weighted by atomic mass is 9.86. The van der Waals surface area contributed by atoms with Crippen LogP contribution in [0.1, 0.15) is 35.3 Å². The van der Waals surface area contributed by atoms with Crippen molar-refractivity contribution in [2.45, 2.75) is 38.4 Å². The van der Waals surface area contributed by atoms with Gasteiger partial charge in [-0.1, -0.05) is 42.5 Å². The molecule has 2 aliphatic heterocycles. The minimum atomic E-state index is -0.441. The van der Waals surface area contributed by atoms with Gasteiger partial charge in [0.2, 0.25) is 5.91 Å². The minimum Gasteiger partial charge on any atom is -0.396 e. The molecule has 4 atom stereocenters. The van der Waals surface area contributed by atoms with Gasteiger partial charge in [0, 0.05) is 61.9 Å². The molecule has 2 N–H and O–H groups in total. The van der Waals surface area contributed by atoms with Crippen molar-refractivity contribution in [2.24, 2.45) is 11.8 Å². The summed E-state index contributed by atoms with van der Waals surface area (Å²) in [5.41, 5.74) is 3.79. The van der Waals surface area contributed by atoms with E-state index in [0.29, 0.717) is 25.1 Å². The van der Waals surface area contributed by atoms with Crippen LogP contribution in [0.3, 0.4) is 0 Å². The fraction of sp³-hybridized carbons (Fsp3) is 0.367. The Balaban J connectivity index is 1.45. The number of hydrogen-bond donors (Lipinski definition) is 2. The molecule has 0 radical (unpaired) electrons. The molecule has 0 spiro atoms. The highest BCUT2D eigenvalue weighted by atomic mass is 16.3. The minimum absolute atomic E-state index is 0.0382. The second kappa shape index (κ2) is 11.2. The maximum atomic E-state index is 13.7. The van der Waals surface area contributed by atoms with E-state index < -0.39 is 5.92 Å². The number of amides is 1. The van der Waals surface area contributed by atoms with Crippen LogP contribution in [0.5, 0.6) is 0 Å². The predicted octanol–water partition coefficient (Wildman–Crippen LogP) is 2.84. The van der Waals surface area contributed by atoms with Crippen LogP contribution in [0.25, 0.3) is 6.08 Å². The second-order valence-electron chi connectivity index (χ2n) is 9.88. The molecule has 1 aromatic carbocycles. The van der Waals surface area contributed by atoms with Crippen LogP contribution in [0.15, 0.2) is 77.9 Å². The van der Waals surface area contributed by atoms with E-state index >= 15 is 0 Å². The highest BCUT2D eigenvalue weighted by molar-refractivity contribution is 5.80. The Morgan fingerprint density at radius 2 is 1.84 bits per heavy atom. The van der Waals surface area contributed by atoms with Crippen LogP contribution in [0.2, 0.25) is 0 Å². The van der Waals surface area contributed by atoms with Crippen molar-refractivity contribution in [3.63, 3.8) is 0 Å². The molecule has 2 bridgehead atoms. The molecule has 0 unspecified atom stereocenters. The van der Waals surface area contributed by atoms with Crippen LogP contribution in [-0.2, 0) is 24.2 Å². The van der Waals surface area contributed by atoms with Gasteiger partial charge in [-0.3, -0.25) is 19.5 Å². The third kappa shape index (κ3) is 5.02. The molecule has 5 rings (SSSR count). The number of aliphatic hydroxyl groups is 1. The molecule has 7 nitrogen and oxygen atoms in total. The first-order valence-electron chi connectivity index (χ1n) is 13.1. The van der Waals surface area contributed by atoms with Crippen molar-refractivity contribution in [3.05, 3.63) is 106 Å². The Bertz CT molecular complexity index is 1310. The fourth-order valence-corrected chi connectivity index (χ4v) is 6.05. The van der Waals surface area contributed by atoms with Crippen molar-refractivity contribution in [1.82, 2.24) is 19.8 Å². The maximum absolute atomic E-state index is 13.7. The second-order valence-corrected chi connectivity index (χ2v) is 9.88. The number of nitrogens with one attached hydrogen (secondary N) is 1. The van der Waals surface area contributed by atoms with E-state index in [0.717, 1.165) is 24.2 Å². The first-order chi connectivity index (χ1) is 18.1. The number of pyridine rings is 2. The van der Waals surface area contributed by atoms with Crippen molar-refractivity contribution < 1.29 is 9.90 Å². The SMILES string of the molecule is C/C=C/c1ccc2n(c1=O)C[C@@H]1[C@@H](CO)[C@H](C(=O)NCCc3ccncc3)[C@H]2N1CCc1ccccc1. The predicted molar refractivity (Wildman–Crippen MR) is 144 cm³/mol. The standard InChI is InChI=1S/C30H34N4O3/c1-2-6-23-9-10-25-28-27(29(36)32-17-13-22-11-15-31-16-12-22)24(20-35)26(19-34(25)30(23)37)33(28)18-14-21-7-4-3-5-8-21/h2-12,15-16,24,26-28,35H,13-14,17-20H2,1H3,(H,32,36)/b6-2+/t24-,26-,27+,28+/m1/s1. The number of benzene rings is 1. The molecule has 4 heterocycles. The van der Waals surface area contributed by atoms with Crippen LogP contribution in [0, 0.1) is 11.8 Å². The molecule has 1 saturated heterocycles. The summed E-state index contributed by atoms with van der Waals surface area (Å²) in [6.07, 6.45) is 8.73. The molecule has 37 heavy (non-hydrogen) atoms. The summed E-state index contributed by atoms with van der Waals surface area (Å²) in [6.45, 7) is 3.52. The highest BCUT2D eigenvalue weighted by Crippen LogP contribution is 2.48. The third-order valence-corrected chi connectivity index (χ3v) is 7.81. The molecule has 2 aliphatic rings. The molecule has 2 aromatic heterocycles. The first kappa shape index (κ1) is 25.1. The fourth-order valence-electron chi connectivity index (χ4n) is 6.05. The van der Waals surface area contributed by atoms with Gasteiger partial charge in [0.25, 0.3) is 5.56 Å². The van der Waals surface area contributed by atoms with E-state index in [-0.39, 0.29) is 36.1 Å². The highest BCUT2D eigenvalue weighted by Gasteiger charge is 2.55. The molecular weight excluding hydrogens is 464 g/mol. The van der Waals surface area contributed by atoms with Gasteiger partial charge in [0.1, 0.15) is 0 Å². The van der Waals surface area contributed by atoms with Gasteiger partial charge in [-0.2, -0.15) is 0 Å². The van der Waals surface area contributed by atoms with E-state index in [1.54, 1.807) is 12.4 Å². The van der Waals surface area contributed by atoms with E-state index in [4.69, 9.17) is 0 Å². The summed E-state index contributed by atoms with van der Waals surface area (Å²) in [5, 5.41) is 13.6. The molecule has 1 fully saturated rings. The number of fused-ring (bicyclic) bond motifs is 4. The quantitative estimate of drug-likeness (QED) is 0.474. The van der Waals surface area contributed by atoms with Crippen molar-refractivity contribution in [3.8, 4) is 0 Å². The van der Waals surface area contributed by atoms with Gasteiger partial charge in [-0.25, -0.2) is 0 Å². The van der Waals surface area contributed by atoms with Crippen LogP contribution in [0.4, 0.5) is 0 Å². The van der Waals surface area contributed by atoms with Gasteiger partial charge in [0.05, 0.1) is 12.0 Å². The summed E-state index contributed by atoms with van der Waals surface area (Å²) in [6, 6.07) is 17.7. The monoisotopic (exact) mass is 498 g/mol. The zero-order valence-electron chi connectivity index (χ0n) is 21.2. The lowest BCUT2D eigenvalue weighted by molar-refractivity contribution is -0.127. The summed E-state index contributed by atoms with van der Waals surface area (Å²) < 4.78 is 1.83. The van der Waals surface area contributed by atoms with E-state index in [2.05, 4.69) is 27.3 Å². The van der Waals surface area contributed by atoms with Gasteiger partial charge in [-0.15, -0.1) is 0 Å². The van der Waals surface area contributed by atoms with E-state index in [1.807, 2.05) is 66.1 Å². The Morgan fingerprint density at radius 1 is 1.08 bits per heavy atom. The average Bonchev–Trinajstić information content (AvgIpc) is 3.15. The number of hydrogen-bond acceptors (Lipinski definition) is 5. The van der Waals surface area contributed by atoms with E-state index in [1.165, 1.54) is 5.56 Å². The molecule has 3 aromatic rings. The number of nitrogens with zero attached hydrogens (tertiary/aromatic N) is 3. The first-order valence-corrected chi connectivity index (χ1v) is 13.1. The van der Waals surface area contributed by atoms with Gasteiger partial charge in [0.15, 0.2) is 0 Å². The average molecular weight is 499 g/mol. The zero-order chi connectivity index (χ0) is 25.8. The van der Waals surface area contributed by atoms with Crippen molar-refractivity contribution in [1.29, 1.82) is 0 Å². The summed E-state index contributed by atoms with van der Waals surface area (Å²) in [5.74, 6) is -0.765. The normalized spacial score (nSPS) is 22.8. The lowest BCUT2D eigenvalue weighted by Gasteiger charge is -2.38. The van der Waals surface area contributed by atoms with Crippen LogP contribution < -0.4 is 10.9 Å². The number of aromatic nitrogens is 2. The van der Waals surface area contributed by atoms with Crippen LogP contribution >= 0.6 is 0 Å². The molecule has 0 aliphatic carbocycles. The van der Waals surface area contributed by atoms with Crippen molar-refractivity contribution in [2.75, 3.05) is 19.7 Å². The van der Waals surface area contributed by atoms with Gasteiger partial charge >= 0.3 is 0 Å². The van der Waals surface area contributed by atoms with Gasteiger partial charge < -0.3 is 15.0 Å².